The summed E-state index contributed by atoms with van der Waals surface area (Å²) in [7, 11) is 0. The quantitative estimate of drug-likeness (QED) is 0.405. The normalized spacial score (nSPS) is 11.8. The van der Waals surface area contributed by atoms with Crippen LogP contribution in [0.5, 0.6) is 0 Å². The molecule has 1 unspecified atom stereocenters. The van der Waals surface area contributed by atoms with Crippen molar-refractivity contribution in [3.05, 3.63) is 40.4 Å². The van der Waals surface area contributed by atoms with Crippen LogP contribution in [-0.2, 0) is 4.79 Å². The summed E-state index contributed by atoms with van der Waals surface area (Å²) in [5.74, 6) is -0.178. The van der Waals surface area contributed by atoms with Crippen molar-refractivity contribution >= 4 is 40.2 Å². The Balaban J connectivity index is 1.70. The van der Waals surface area contributed by atoms with E-state index in [1.54, 1.807) is 25.1 Å². The van der Waals surface area contributed by atoms with Gasteiger partial charge in [-0.3, -0.25) is 4.79 Å². The van der Waals surface area contributed by atoms with Gasteiger partial charge in [0, 0.05) is 5.69 Å². The molecule has 0 spiro atoms. The van der Waals surface area contributed by atoms with Crippen LogP contribution in [0.1, 0.15) is 12.5 Å². The van der Waals surface area contributed by atoms with Gasteiger partial charge in [0.05, 0.1) is 22.5 Å². The Morgan fingerprint density at radius 3 is 2.88 bits per heavy atom. The third-order valence-corrected chi connectivity index (χ3v) is 4.33. The van der Waals surface area contributed by atoms with Gasteiger partial charge in [0.25, 0.3) is 0 Å². The Bertz CT molecular complexity index is 1050. The number of rotatable bonds is 4. The van der Waals surface area contributed by atoms with Crippen LogP contribution in [0.25, 0.3) is 11.0 Å². The maximum atomic E-state index is 12.3. The number of imidazole rings is 1. The molecule has 25 heavy (non-hydrogen) atoms. The zero-order valence-corrected chi connectivity index (χ0v) is 13.8. The monoisotopic (exact) mass is 355 g/mol. The van der Waals surface area contributed by atoms with E-state index in [9.17, 15) is 9.59 Å². The SMILES string of the molecule is CC(Sc1ncc(C#N)c(N)n1)C(=O)Nc1ccc2[nH]c(=O)[nH]c2c1. The molecule has 0 saturated carbocycles. The Labute approximate surface area is 145 Å². The highest BCUT2D eigenvalue weighted by molar-refractivity contribution is 8.00. The van der Waals surface area contributed by atoms with Crippen LogP contribution in [0.15, 0.2) is 34.3 Å². The molecule has 2 heterocycles. The number of carbonyl (C=O) groups is 1. The molecule has 9 nitrogen and oxygen atoms in total. The Kier molecular flexibility index (Phi) is 4.40. The number of hydrogen-bond acceptors (Lipinski definition) is 7. The van der Waals surface area contributed by atoms with Gasteiger partial charge in [-0.2, -0.15) is 5.26 Å². The molecule has 126 valence electrons. The molecule has 5 N–H and O–H groups in total. The van der Waals surface area contributed by atoms with Gasteiger partial charge in [-0.15, -0.1) is 0 Å². The summed E-state index contributed by atoms with van der Waals surface area (Å²) in [5.41, 5.74) is 7.34. The molecule has 0 aliphatic heterocycles. The van der Waals surface area contributed by atoms with E-state index in [-0.39, 0.29) is 23.0 Å². The molecule has 1 amide bonds. The van der Waals surface area contributed by atoms with Gasteiger partial charge in [0.1, 0.15) is 17.5 Å². The van der Waals surface area contributed by atoms with E-state index in [1.165, 1.54) is 6.20 Å². The van der Waals surface area contributed by atoms with Gasteiger partial charge in [-0.05, 0) is 25.1 Å². The number of amides is 1. The van der Waals surface area contributed by atoms with Crippen LogP contribution in [0.4, 0.5) is 11.5 Å². The summed E-state index contributed by atoms with van der Waals surface area (Å²) in [6.07, 6.45) is 1.32. The highest BCUT2D eigenvalue weighted by Crippen LogP contribution is 2.23. The van der Waals surface area contributed by atoms with Gasteiger partial charge in [0.2, 0.25) is 5.91 Å². The van der Waals surface area contributed by atoms with Crippen molar-refractivity contribution in [2.75, 3.05) is 11.1 Å². The minimum atomic E-state index is -0.492. The predicted molar refractivity (Wildman–Crippen MR) is 94.0 cm³/mol. The first kappa shape index (κ1) is 16.5. The number of nitrogens with one attached hydrogen (secondary N) is 3. The van der Waals surface area contributed by atoms with Crippen molar-refractivity contribution in [3.63, 3.8) is 0 Å². The zero-order valence-electron chi connectivity index (χ0n) is 13.0. The molecule has 3 rings (SSSR count). The van der Waals surface area contributed by atoms with Crippen molar-refractivity contribution in [2.24, 2.45) is 0 Å². The van der Waals surface area contributed by atoms with Crippen molar-refractivity contribution in [1.82, 2.24) is 19.9 Å². The number of anilines is 2. The molecule has 1 atom stereocenters. The van der Waals surface area contributed by atoms with Crippen molar-refractivity contribution in [1.29, 1.82) is 5.26 Å². The molecule has 0 aliphatic rings. The molecule has 0 radical (unpaired) electrons. The Hall–Kier alpha value is -3.32. The van der Waals surface area contributed by atoms with E-state index in [1.807, 2.05) is 6.07 Å². The van der Waals surface area contributed by atoms with Gasteiger partial charge in [-0.25, -0.2) is 14.8 Å². The summed E-state index contributed by atoms with van der Waals surface area (Å²) >= 11 is 1.12. The fourth-order valence-electron chi connectivity index (χ4n) is 2.09. The van der Waals surface area contributed by atoms with E-state index >= 15 is 0 Å². The number of benzene rings is 1. The largest absolute Gasteiger partial charge is 0.382 e. The van der Waals surface area contributed by atoms with Crippen LogP contribution >= 0.6 is 11.8 Å². The van der Waals surface area contributed by atoms with Crippen LogP contribution in [0, 0.1) is 11.3 Å². The third kappa shape index (κ3) is 3.61. The lowest BCUT2D eigenvalue weighted by Gasteiger charge is -2.11. The van der Waals surface area contributed by atoms with E-state index < -0.39 is 5.25 Å². The van der Waals surface area contributed by atoms with Crippen molar-refractivity contribution in [2.45, 2.75) is 17.3 Å². The van der Waals surface area contributed by atoms with Gasteiger partial charge in [0.15, 0.2) is 5.16 Å². The maximum absolute atomic E-state index is 12.3. The molecule has 0 bridgehead atoms. The fourth-order valence-corrected chi connectivity index (χ4v) is 2.83. The van der Waals surface area contributed by atoms with E-state index in [2.05, 4.69) is 25.3 Å². The average molecular weight is 355 g/mol. The minimum Gasteiger partial charge on any atom is -0.382 e. The van der Waals surface area contributed by atoms with E-state index in [0.29, 0.717) is 21.9 Å². The number of nitrogen functional groups attached to an aromatic ring is 1. The number of H-pyrrole nitrogens is 2. The lowest BCUT2D eigenvalue weighted by atomic mass is 10.2. The molecule has 1 aromatic carbocycles. The summed E-state index contributed by atoms with van der Waals surface area (Å²) in [6, 6.07) is 6.94. The molecular formula is C15H13N7O2S. The zero-order chi connectivity index (χ0) is 18.0. The molecule has 0 saturated heterocycles. The number of nitrogens with zero attached hydrogens (tertiary/aromatic N) is 3. The molecular weight excluding hydrogens is 342 g/mol. The molecule has 3 aromatic rings. The Morgan fingerprint density at radius 2 is 2.16 bits per heavy atom. The minimum absolute atomic E-state index is 0.0782. The van der Waals surface area contributed by atoms with E-state index in [4.69, 9.17) is 11.0 Å². The van der Waals surface area contributed by atoms with E-state index in [0.717, 1.165) is 11.8 Å². The molecule has 2 aromatic heterocycles. The number of thioether (sulfide) groups is 1. The number of aromatic amines is 2. The van der Waals surface area contributed by atoms with Crippen LogP contribution in [0.2, 0.25) is 0 Å². The van der Waals surface area contributed by atoms with Crippen molar-refractivity contribution < 1.29 is 4.79 Å². The van der Waals surface area contributed by atoms with Gasteiger partial charge < -0.3 is 21.0 Å². The summed E-state index contributed by atoms with van der Waals surface area (Å²) in [5, 5.41) is 11.4. The van der Waals surface area contributed by atoms with Gasteiger partial charge >= 0.3 is 5.69 Å². The second-order valence-corrected chi connectivity index (χ2v) is 6.46. The van der Waals surface area contributed by atoms with Crippen LogP contribution < -0.4 is 16.7 Å². The summed E-state index contributed by atoms with van der Waals surface area (Å²) in [6.45, 7) is 1.70. The summed E-state index contributed by atoms with van der Waals surface area (Å²) in [4.78, 5) is 36.8. The second-order valence-electron chi connectivity index (χ2n) is 5.15. The lowest BCUT2D eigenvalue weighted by Crippen LogP contribution is -2.22. The average Bonchev–Trinajstić information content (AvgIpc) is 2.94. The number of fused-ring (bicyclic) bond motifs is 1. The topological polar surface area (TPSA) is 153 Å². The Morgan fingerprint density at radius 1 is 1.40 bits per heavy atom. The van der Waals surface area contributed by atoms with Crippen LogP contribution in [-0.4, -0.2) is 31.1 Å². The number of nitrogens with two attached hydrogens (primary N) is 1. The number of hydrogen-bond donors (Lipinski definition) is 4. The van der Waals surface area contributed by atoms with Crippen LogP contribution in [0.3, 0.4) is 0 Å². The number of carbonyl (C=O) groups excluding carboxylic acids is 1. The fraction of sp³-hybridized carbons (Fsp3) is 0.133. The first-order chi connectivity index (χ1) is 12.0. The first-order valence-corrected chi connectivity index (χ1v) is 8.06. The van der Waals surface area contributed by atoms with Gasteiger partial charge in [-0.1, -0.05) is 11.8 Å². The molecule has 0 fully saturated rings. The highest BCUT2D eigenvalue weighted by Gasteiger charge is 2.17. The maximum Gasteiger partial charge on any atom is 0.323 e. The number of aromatic nitrogens is 4. The van der Waals surface area contributed by atoms with Crippen molar-refractivity contribution in [3.8, 4) is 6.07 Å². The second kappa shape index (κ2) is 6.66. The lowest BCUT2D eigenvalue weighted by molar-refractivity contribution is -0.115. The summed E-state index contributed by atoms with van der Waals surface area (Å²) < 4.78 is 0. The molecule has 0 aliphatic carbocycles. The molecule has 10 heteroatoms. The third-order valence-electron chi connectivity index (χ3n) is 3.35. The smallest absolute Gasteiger partial charge is 0.323 e. The predicted octanol–water partition coefficient (Wildman–Crippen LogP) is 1.22. The number of nitriles is 1. The standard InChI is InChI=1S/C15H13N7O2S/c1-7(25-15-18-6-8(5-16)12(17)22-15)13(23)19-9-2-3-10-11(4-9)21-14(24)20-10/h2-4,6-7H,1H3,(H,19,23)(H2,17,18,22)(H2,20,21,24). The first-order valence-electron chi connectivity index (χ1n) is 7.18. The highest BCUT2D eigenvalue weighted by atomic mass is 32.2.